The highest BCUT2D eigenvalue weighted by Gasteiger charge is 2.18. The van der Waals surface area contributed by atoms with Gasteiger partial charge in [-0.2, -0.15) is 5.26 Å². The summed E-state index contributed by atoms with van der Waals surface area (Å²) in [4.78, 5) is 4.58. The first-order valence-electron chi connectivity index (χ1n) is 11.1. The number of hydrogen-bond donors (Lipinski definition) is 0. The molecule has 0 amide bonds. The van der Waals surface area contributed by atoms with Gasteiger partial charge in [-0.25, -0.2) is 0 Å². The highest BCUT2D eigenvalue weighted by molar-refractivity contribution is 6.17. The van der Waals surface area contributed by atoms with E-state index in [9.17, 15) is 5.26 Å². The molecule has 0 radical (unpaired) electrons. The van der Waals surface area contributed by atoms with Crippen molar-refractivity contribution in [3.63, 3.8) is 0 Å². The number of nitriles is 1. The lowest BCUT2D eigenvalue weighted by Gasteiger charge is -2.13. The van der Waals surface area contributed by atoms with Crippen molar-refractivity contribution in [2.45, 2.75) is 0 Å². The minimum absolute atomic E-state index is 0.548. The van der Waals surface area contributed by atoms with E-state index in [4.69, 9.17) is 4.42 Å². The van der Waals surface area contributed by atoms with Crippen molar-refractivity contribution in [1.29, 1.82) is 5.26 Å². The third-order valence-electron chi connectivity index (χ3n) is 6.48. The van der Waals surface area contributed by atoms with Gasteiger partial charge < -0.3 is 8.98 Å². The summed E-state index contributed by atoms with van der Waals surface area (Å²) in [5.74, 6) is 0. The molecule has 0 aliphatic heterocycles. The molecule has 7 aromatic rings. The monoisotopic (exact) mass is 435 g/mol. The molecule has 4 heteroatoms. The summed E-state index contributed by atoms with van der Waals surface area (Å²) in [7, 11) is 0. The molecule has 0 aliphatic carbocycles. The third-order valence-corrected chi connectivity index (χ3v) is 6.48. The zero-order valence-electron chi connectivity index (χ0n) is 18.1. The molecule has 0 N–H and O–H groups in total. The maximum absolute atomic E-state index is 9.18. The molecule has 158 valence electrons. The Kier molecular flexibility index (Phi) is 3.88. The summed E-state index contributed by atoms with van der Waals surface area (Å²) in [5.41, 5.74) is 7.44. The standard InChI is InChI=1S/C30H17N3O/c31-17-19-13-14-25(32-18-19)22-9-2-5-11-27(22)33-26-10-4-1-7-20(26)23-16-30-24(15-28(23)33)21-8-3-6-12-29(21)34-30/h1-16,18H. The summed E-state index contributed by atoms with van der Waals surface area (Å²) < 4.78 is 8.50. The van der Waals surface area contributed by atoms with E-state index in [-0.39, 0.29) is 0 Å². The Morgan fingerprint density at radius 3 is 2.32 bits per heavy atom. The van der Waals surface area contributed by atoms with Gasteiger partial charge in [-0.3, -0.25) is 4.98 Å². The fraction of sp³-hybridized carbons (Fsp3) is 0. The molecule has 0 saturated carbocycles. The van der Waals surface area contributed by atoms with Crippen molar-refractivity contribution in [3.8, 4) is 23.0 Å². The Labute approximate surface area is 194 Å². The first-order valence-corrected chi connectivity index (χ1v) is 11.1. The topological polar surface area (TPSA) is 54.8 Å². The zero-order chi connectivity index (χ0) is 22.6. The molecule has 0 fully saturated rings. The van der Waals surface area contributed by atoms with Crippen LogP contribution in [0.4, 0.5) is 0 Å². The number of para-hydroxylation sites is 3. The number of rotatable bonds is 2. The van der Waals surface area contributed by atoms with E-state index >= 15 is 0 Å². The molecule has 3 heterocycles. The van der Waals surface area contributed by atoms with Crippen LogP contribution >= 0.6 is 0 Å². The molecule has 0 unspecified atom stereocenters. The highest BCUT2D eigenvalue weighted by Crippen LogP contribution is 2.39. The largest absolute Gasteiger partial charge is 0.456 e. The molecular weight excluding hydrogens is 418 g/mol. The van der Waals surface area contributed by atoms with Crippen molar-refractivity contribution in [1.82, 2.24) is 9.55 Å². The van der Waals surface area contributed by atoms with Crippen molar-refractivity contribution < 1.29 is 4.42 Å². The van der Waals surface area contributed by atoms with E-state index in [1.54, 1.807) is 6.20 Å². The normalized spacial score (nSPS) is 11.5. The first kappa shape index (κ1) is 18.7. The number of fused-ring (bicyclic) bond motifs is 6. The van der Waals surface area contributed by atoms with Gasteiger partial charge in [0, 0.05) is 33.3 Å². The van der Waals surface area contributed by atoms with E-state index in [0.717, 1.165) is 55.3 Å². The van der Waals surface area contributed by atoms with E-state index < -0.39 is 0 Å². The number of pyridine rings is 1. The van der Waals surface area contributed by atoms with Gasteiger partial charge in [0.1, 0.15) is 17.2 Å². The highest BCUT2D eigenvalue weighted by atomic mass is 16.3. The molecule has 0 atom stereocenters. The summed E-state index contributed by atoms with van der Waals surface area (Å²) in [6.07, 6.45) is 1.62. The average Bonchev–Trinajstić information content (AvgIpc) is 3.42. The van der Waals surface area contributed by atoms with E-state index in [0.29, 0.717) is 5.56 Å². The molecule has 4 nitrogen and oxygen atoms in total. The van der Waals surface area contributed by atoms with Crippen LogP contribution in [0.1, 0.15) is 5.56 Å². The Balaban J connectivity index is 1.60. The molecule has 0 saturated heterocycles. The van der Waals surface area contributed by atoms with Crippen LogP contribution in [0.2, 0.25) is 0 Å². The van der Waals surface area contributed by atoms with Crippen LogP contribution in [0.25, 0.3) is 60.7 Å². The first-order chi connectivity index (χ1) is 16.8. The van der Waals surface area contributed by atoms with E-state index in [2.05, 4.69) is 76.3 Å². The molecule has 4 aromatic carbocycles. The van der Waals surface area contributed by atoms with Crippen LogP contribution in [0.5, 0.6) is 0 Å². The minimum atomic E-state index is 0.548. The van der Waals surface area contributed by atoms with Crippen LogP contribution in [0.3, 0.4) is 0 Å². The predicted molar refractivity (Wildman–Crippen MR) is 136 cm³/mol. The van der Waals surface area contributed by atoms with Crippen LogP contribution in [-0.2, 0) is 0 Å². The second-order valence-electron chi connectivity index (χ2n) is 8.38. The second kappa shape index (κ2) is 7.06. The lowest BCUT2D eigenvalue weighted by Crippen LogP contribution is -1.98. The lowest BCUT2D eigenvalue weighted by molar-refractivity contribution is 0.669. The van der Waals surface area contributed by atoms with Crippen molar-refractivity contribution in [2.75, 3.05) is 0 Å². The van der Waals surface area contributed by atoms with E-state index in [1.807, 2.05) is 36.4 Å². The Hall–Kier alpha value is -4.88. The van der Waals surface area contributed by atoms with E-state index in [1.165, 1.54) is 5.39 Å². The van der Waals surface area contributed by atoms with Crippen molar-refractivity contribution in [3.05, 3.63) is 109 Å². The fourth-order valence-corrected chi connectivity index (χ4v) is 4.95. The summed E-state index contributed by atoms with van der Waals surface area (Å²) in [6.45, 7) is 0. The smallest absolute Gasteiger partial charge is 0.136 e. The van der Waals surface area contributed by atoms with Gasteiger partial charge in [0.25, 0.3) is 0 Å². The maximum atomic E-state index is 9.18. The van der Waals surface area contributed by atoms with Gasteiger partial charge in [0.2, 0.25) is 0 Å². The third kappa shape index (κ3) is 2.61. The Morgan fingerprint density at radius 1 is 0.676 bits per heavy atom. The van der Waals surface area contributed by atoms with Gasteiger partial charge >= 0.3 is 0 Å². The van der Waals surface area contributed by atoms with Gasteiger partial charge in [-0.15, -0.1) is 0 Å². The maximum Gasteiger partial charge on any atom is 0.136 e. The quantitative estimate of drug-likeness (QED) is 0.281. The van der Waals surface area contributed by atoms with Crippen LogP contribution in [0, 0.1) is 11.3 Å². The molecular formula is C30H17N3O. The van der Waals surface area contributed by atoms with Gasteiger partial charge in [-0.05, 0) is 42.5 Å². The number of nitrogens with zero attached hydrogens (tertiary/aromatic N) is 3. The molecule has 3 aromatic heterocycles. The lowest BCUT2D eigenvalue weighted by atomic mass is 10.1. The molecule has 7 rings (SSSR count). The Bertz CT molecular complexity index is 1920. The van der Waals surface area contributed by atoms with Gasteiger partial charge in [0.15, 0.2) is 0 Å². The second-order valence-corrected chi connectivity index (χ2v) is 8.38. The van der Waals surface area contributed by atoms with Gasteiger partial charge in [-0.1, -0.05) is 54.6 Å². The summed E-state index contributed by atoms with van der Waals surface area (Å²) in [5, 5.41) is 13.7. The number of hydrogen-bond acceptors (Lipinski definition) is 3. The minimum Gasteiger partial charge on any atom is -0.456 e. The van der Waals surface area contributed by atoms with Crippen molar-refractivity contribution >= 4 is 43.7 Å². The van der Waals surface area contributed by atoms with Crippen LogP contribution < -0.4 is 0 Å². The molecule has 34 heavy (non-hydrogen) atoms. The Morgan fingerprint density at radius 2 is 1.47 bits per heavy atom. The van der Waals surface area contributed by atoms with Crippen molar-refractivity contribution in [2.24, 2.45) is 0 Å². The fourth-order valence-electron chi connectivity index (χ4n) is 4.95. The SMILES string of the molecule is N#Cc1ccc(-c2ccccc2-n2c3ccccc3c3cc4oc5ccccc5c4cc32)nc1. The number of aromatic nitrogens is 2. The molecule has 0 spiro atoms. The summed E-state index contributed by atoms with van der Waals surface area (Å²) >= 11 is 0. The summed E-state index contributed by atoms with van der Waals surface area (Å²) in [6, 6.07) is 35.2. The number of benzene rings is 4. The van der Waals surface area contributed by atoms with Gasteiger partial charge in [0.05, 0.1) is 28.0 Å². The van der Waals surface area contributed by atoms with Crippen LogP contribution in [0.15, 0.2) is 108 Å². The molecule has 0 aliphatic rings. The molecule has 0 bridgehead atoms. The zero-order valence-corrected chi connectivity index (χ0v) is 18.1. The number of furan rings is 1. The predicted octanol–water partition coefficient (Wildman–Crippen LogP) is 7.62. The van der Waals surface area contributed by atoms with Crippen LogP contribution in [-0.4, -0.2) is 9.55 Å². The average molecular weight is 435 g/mol.